The van der Waals surface area contributed by atoms with E-state index in [1.54, 1.807) is 0 Å². The average Bonchev–Trinajstić information content (AvgIpc) is 2.82. The van der Waals surface area contributed by atoms with E-state index in [0.29, 0.717) is 16.5 Å². The molecule has 0 radical (unpaired) electrons. The second kappa shape index (κ2) is 4.91. The van der Waals surface area contributed by atoms with Crippen LogP contribution in [0.5, 0.6) is 0 Å². The van der Waals surface area contributed by atoms with E-state index in [0.717, 1.165) is 12.5 Å². The van der Waals surface area contributed by atoms with Crippen molar-refractivity contribution >= 4 is 28.3 Å². The Morgan fingerprint density at radius 3 is 2.94 bits per heavy atom. The Labute approximate surface area is 105 Å². The van der Waals surface area contributed by atoms with E-state index in [2.05, 4.69) is 16.6 Å². The molecule has 6 heteroatoms. The van der Waals surface area contributed by atoms with Crippen molar-refractivity contribution in [1.82, 2.24) is 4.37 Å². The van der Waals surface area contributed by atoms with Crippen molar-refractivity contribution in [1.29, 1.82) is 0 Å². The van der Waals surface area contributed by atoms with Crippen molar-refractivity contribution in [2.45, 2.75) is 26.2 Å². The number of carbonyl (C=O) groups is 1. The molecule has 1 saturated carbocycles. The fourth-order valence-corrected chi connectivity index (χ4v) is 3.14. The molecule has 1 aromatic heterocycles. The first-order valence-corrected chi connectivity index (χ1v) is 6.65. The zero-order chi connectivity index (χ0) is 12.4. The summed E-state index contributed by atoms with van der Waals surface area (Å²) in [6.07, 6.45) is 3.83. The van der Waals surface area contributed by atoms with Gasteiger partial charge in [-0.25, -0.2) is 0 Å². The molecule has 0 spiro atoms. The number of rotatable bonds is 4. The normalized spacial score (nSPS) is 23.8. The zero-order valence-corrected chi connectivity index (χ0v) is 10.7. The molecule has 1 fully saturated rings. The van der Waals surface area contributed by atoms with Crippen LogP contribution in [0, 0.1) is 11.8 Å². The zero-order valence-electron chi connectivity index (χ0n) is 9.90. The maximum atomic E-state index is 11.2. The molecule has 1 heterocycles. The molecule has 1 aliphatic carbocycles. The van der Waals surface area contributed by atoms with Gasteiger partial charge in [-0.05, 0) is 29.8 Å². The van der Waals surface area contributed by atoms with Crippen LogP contribution in [0.2, 0.25) is 0 Å². The van der Waals surface area contributed by atoms with E-state index >= 15 is 0 Å². The van der Waals surface area contributed by atoms with E-state index in [-0.39, 0.29) is 5.82 Å². The van der Waals surface area contributed by atoms with Gasteiger partial charge in [-0.3, -0.25) is 4.79 Å². The number of anilines is 2. The fourth-order valence-electron chi connectivity index (χ4n) is 2.41. The third kappa shape index (κ3) is 2.52. The summed E-state index contributed by atoms with van der Waals surface area (Å²) < 4.78 is 3.96. The lowest BCUT2D eigenvalue weighted by Crippen LogP contribution is -2.19. The standard InChI is InChI=1S/C11H18N4OS/c1-6-3-2-4-7(6)5-14-11-8(10(13)16)9(12)15-17-11/h6-7,14H,2-5H2,1H3,(H2,12,15)(H2,13,16). The van der Waals surface area contributed by atoms with Gasteiger partial charge in [0.2, 0.25) is 0 Å². The van der Waals surface area contributed by atoms with E-state index in [9.17, 15) is 4.79 Å². The quantitative estimate of drug-likeness (QED) is 0.761. The molecule has 2 rings (SSSR count). The average molecular weight is 254 g/mol. The van der Waals surface area contributed by atoms with Crippen LogP contribution in [0.15, 0.2) is 0 Å². The minimum absolute atomic E-state index is 0.226. The number of hydrogen-bond acceptors (Lipinski definition) is 5. The number of amides is 1. The Morgan fingerprint density at radius 2 is 2.35 bits per heavy atom. The summed E-state index contributed by atoms with van der Waals surface area (Å²) in [6.45, 7) is 3.14. The molecule has 0 saturated heterocycles. The molecule has 5 N–H and O–H groups in total. The van der Waals surface area contributed by atoms with Crippen LogP contribution in [0.4, 0.5) is 10.8 Å². The minimum Gasteiger partial charge on any atom is -0.382 e. The first-order valence-electron chi connectivity index (χ1n) is 5.88. The molecule has 94 valence electrons. The summed E-state index contributed by atoms with van der Waals surface area (Å²) in [5.41, 5.74) is 11.2. The van der Waals surface area contributed by atoms with E-state index in [1.807, 2.05) is 0 Å². The molecular formula is C11H18N4OS. The summed E-state index contributed by atoms with van der Waals surface area (Å²) in [6, 6.07) is 0. The van der Waals surface area contributed by atoms with Crippen molar-refractivity contribution in [3.05, 3.63) is 5.56 Å². The van der Waals surface area contributed by atoms with Crippen molar-refractivity contribution < 1.29 is 4.79 Å². The van der Waals surface area contributed by atoms with E-state index in [1.165, 1.54) is 30.8 Å². The smallest absolute Gasteiger partial charge is 0.255 e. The van der Waals surface area contributed by atoms with Gasteiger partial charge < -0.3 is 16.8 Å². The summed E-state index contributed by atoms with van der Waals surface area (Å²) in [5.74, 6) is 1.12. The van der Waals surface area contributed by atoms with Crippen LogP contribution >= 0.6 is 11.5 Å². The third-order valence-corrected chi connectivity index (χ3v) is 4.35. The largest absolute Gasteiger partial charge is 0.382 e. The predicted octanol–water partition coefficient (Wildman–Crippen LogP) is 1.67. The first kappa shape index (κ1) is 12.2. The molecular weight excluding hydrogens is 236 g/mol. The van der Waals surface area contributed by atoms with Gasteiger partial charge in [-0.2, -0.15) is 4.37 Å². The summed E-state index contributed by atoms with van der Waals surface area (Å²) in [5, 5.41) is 3.97. The molecule has 1 aliphatic rings. The van der Waals surface area contributed by atoms with Gasteiger partial charge in [-0.15, -0.1) is 0 Å². The molecule has 0 aromatic carbocycles. The van der Waals surface area contributed by atoms with Crippen LogP contribution in [0.1, 0.15) is 36.5 Å². The van der Waals surface area contributed by atoms with Gasteiger partial charge in [-0.1, -0.05) is 19.8 Å². The molecule has 1 aromatic rings. The Hall–Kier alpha value is -1.30. The first-order chi connectivity index (χ1) is 8.09. The van der Waals surface area contributed by atoms with Crippen LogP contribution in [0.3, 0.4) is 0 Å². The molecule has 2 atom stereocenters. The fraction of sp³-hybridized carbons (Fsp3) is 0.636. The van der Waals surface area contributed by atoms with Crippen molar-refractivity contribution in [2.75, 3.05) is 17.6 Å². The summed E-state index contributed by atoms with van der Waals surface area (Å²) >= 11 is 1.20. The lowest BCUT2D eigenvalue weighted by molar-refractivity contribution is 0.100. The SMILES string of the molecule is CC1CCCC1CNc1snc(N)c1C(N)=O. The molecule has 2 unspecified atom stereocenters. The number of aromatic nitrogens is 1. The predicted molar refractivity (Wildman–Crippen MR) is 70.0 cm³/mol. The Bertz CT molecular complexity index is 418. The van der Waals surface area contributed by atoms with Gasteiger partial charge >= 0.3 is 0 Å². The number of nitrogen functional groups attached to an aromatic ring is 1. The van der Waals surface area contributed by atoms with Gasteiger partial charge in [0.05, 0.1) is 0 Å². The Morgan fingerprint density at radius 1 is 1.59 bits per heavy atom. The monoisotopic (exact) mass is 254 g/mol. The summed E-state index contributed by atoms with van der Waals surface area (Å²) in [7, 11) is 0. The number of nitrogens with zero attached hydrogens (tertiary/aromatic N) is 1. The van der Waals surface area contributed by atoms with Gasteiger partial charge in [0, 0.05) is 6.54 Å². The van der Waals surface area contributed by atoms with Crippen LogP contribution in [0.25, 0.3) is 0 Å². The van der Waals surface area contributed by atoms with Crippen molar-refractivity contribution in [3.8, 4) is 0 Å². The van der Waals surface area contributed by atoms with Gasteiger partial charge in [0.1, 0.15) is 10.6 Å². The van der Waals surface area contributed by atoms with Crippen LogP contribution in [-0.2, 0) is 0 Å². The number of nitrogens with two attached hydrogens (primary N) is 2. The van der Waals surface area contributed by atoms with Gasteiger partial charge in [0.15, 0.2) is 5.82 Å². The van der Waals surface area contributed by atoms with Gasteiger partial charge in [0.25, 0.3) is 5.91 Å². The number of nitrogens with one attached hydrogen (secondary N) is 1. The maximum Gasteiger partial charge on any atom is 0.255 e. The number of hydrogen-bond donors (Lipinski definition) is 3. The summed E-state index contributed by atoms with van der Waals surface area (Å²) in [4.78, 5) is 11.2. The topological polar surface area (TPSA) is 94.0 Å². The Balaban J connectivity index is 2.01. The van der Waals surface area contributed by atoms with Crippen LogP contribution < -0.4 is 16.8 Å². The lowest BCUT2D eigenvalue weighted by atomic mass is 9.98. The molecule has 1 amide bonds. The molecule has 0 aliphatic heterocycles. The van der Waals surface area contributed by atoms with E-state index in [4.69, 9.17) is 11.5 Å². The highest BCUT2D eigenvalue weighted by Crippen LogP contribution is 2.32. The molecule has 17 heavy (non-hydrogen) atoms. The highest BCUT2D eigenvalue weighted by Gasteiger charge is 2.24. The highest BCUT2D eigenvalue weighted by molar-refractivity contribution is 7.11. The van der Waals surface area contributed by atoms with Crippen molar-refractivity contribution in [3.63, 3.8) is 0 Å². The molecule has 0 bridgehead atoms. The lowest BCUT2D eigenvalue weighted by Gasteiger charge is -2.16. The number of carbonyl (C=O) groups excluding carboxylic acids is 1. The highest BCUT2D eigenvalue weighted by atomic mass is 32.1. The van der Waals surface area contributed by atoms with Crippen LogP contribution in [-0.4, -0.2) is 16.8 Å². The molecule has 5 nitrogen and oxygen atoms in total. The second-order valence-corrected chi connectivity index (χ2v) is 5.46. The van der Waals surface area contributed by atoms with E-state index < -0.39 is 5.91 Å². The Kier molecular flexibility index (Phi) is 3.51. The minimum atomic E-state index is -0.516. The maximum absolute atomic E-state index is 11.2. The van der Waals surface area contributed by atoms with Crippen molar-refractivity contribution in [2.24, 2.45) is 17.6 Å². The second-order valence-electron chi connectivity index (χ2n) is 4.69. The third-order valence-electron chi connectivity index (χ3n) is 3.53. The number of primary amides is 1.